The largest absolute Gasteiger partial charge is 0.481 e. The zero-order chi connectivity index (χ0) is 21.0. The number of carbonyl (C=O) groups excluding carboxylic acids is 2. The van der Waals surface area contributed by atoms with Crippen molar-refractivity contribution in [3.05, 3.63) is 36.0 Å². The van der Waals surface area contributed by atoms with E-state index in [9.17, 15) is 19.5 Å². The maximum absolute atomic E-state index is 13.0. The van der Waals surface area contributed by atoms with Crippen molar-refractivity contribution in [3.63, 3.8) is 0 Å². The molecule has 29 heavy (non-hydrogen) atoms. The van der Waals surface area contributed by atoms with Crippen LogP contribution in [0.15, 0.2) is 30.5 Å². The summed E-state index contributed by atoms with van der Waals surface area (Å²) in [7, 11) is 1.92. The number of aromatic nitrogens is 1. The first-order valence-electron chi connectivity index (χ1n) is 10.3. The number of nitrogens with zero attached hydrogens (tertiary/aromatic N) is 1. The van der Waals surface area contributed by atoms with E-state index in [4.69, 9.17) is 0 Å². The third-order valence-electron chi connectivity index (χ3n) is 5.80. The molecule has 0 aliphatic heterocycles. The van der Waals surface area contributed by atoms with E-state index < -0.39 is 17.9 Å². The third-order valence-corrected chi connectivity index (χ3v) is 5.80. The van der Waals surface area contributed by atoms with Crippen LogP contribution >= 0.6 is 0 Å². The van der Waals surface area contributed by atoms with E-state index in [0.29, 0.717) is 24.8 Å². The SMILES string of the molecule is CCCC[C@H](NC(=O)c1cccc2c1ccn2C)C(=O)N[C@H]1CCC[C@H]1C(=O)O. The lowest BCUT2D eigenvalue weighted by atomic mass is 10.0. The van der Waals surface area contributed by atoms with Gasteiger partial charge in [0.1, 0.15) is 6.04 Å². The monoisotopic (exact) mass is 399 g/mol. The van der Waals surface area contributed by atoms with Crippen molar-refractivity contribution in [1.82, 2.24) is 15.2 Å². The van der Waals surface area contributed by atoms with Crippen LogP contribution in [-0.2, 0) is 16.6 Å². The van der Waals surface area contributed by atoms with Gasteiger partial charge in [0.2, 0.25) is 5.91 Å². The van der Waals surface area contributed by atoms with E-state index in [1.165, 1.54) is 0 Å². The summed E-state index contributed by atoms with van der Waals surface area (Å²) >= 11 is 0. The minimum Gasteiger partial charge on any atom is -0.481 e. The number of aliphatic carboxylic acids is 1. The highest BCUT2D eigenvalue weighted by atomic mass is 16.4. The fourth-order valence-electron chi connectivity index (χ4n) is 4.13. The number of carbonyl (C=O) groups is 3. The van der Waals surface area contributed by atoms with Gasteiger partial charge >= 0.3 is 5.97 Å². The Bertz CT molecular complexity index is 905. The number of carboxylic acids is 1. The van der Waals surface area contributed by atoms with Crippen LogP contribution in [0.4, 0.5) is 0 Å². The molecule has 1 heterocycles. The van der Waals surface area contributed by atoms with Gasteiger partial charge in [-0.15, -0.1) is 0 Å². The second-order valence-corrected chi connectivity index (χ2v) is 7.82. The van der Waals surface area contributed by atoms with Crippen molar-refractivity contribution in [2.45, 2.75) is 57.5 Å². The molecule has 3 N–H and O–H groups in total. The topological polar surface area (TPSA) is 100 Å². The Hall–Kier alpha value is -2.83. The van der Waals surface area contributed by atoms with Gasteiger partial charge < -0.3 is 20.3 Å². The average Bonchev–Trinajstić information content (AvgIpc) is 3.31. The van der Waals surface area contributed by atoms with Crippen molar-refractivity contribution < 1.29 is 19.5 Å². The summed E-state index contributed by atoms with van der Waals surface area (Å²) in [5, 5.41) is 15.9. The summed E-state index contributed by atoms with van der Waals surface area (Å²) in [6, 6.07) is 6.36. The lowest BCUT2D eigenvalue weighted by Crippen LogP contribution is -2.51. The van der Waals surface area contributed by atoms with E-state index in [1.54, 1.807) is 6.07 Å². The molecule has 0 bridgehead atoms. The number of fused-ring (bicyclic) bond motifs is 1. The molecule has 2 aromatic rings. The van der Waals surface area contributed by atoms with Gasteiger partial charge in [0.15, 0.2) is 0 Å². The minimum absolute atomic E-state index is 0.292. The van der Waals surface area contributed by atoms with Gasteiger partial charge in [-0.2, -0.15) is 0 Å². The number of benzene rings is 1. The molecule has 7 nitrogen and oxygen atoms in total. The summed E-state index contributed by atoms with van der Waals surface area (Å²) in [5.41, 5.74) is 1.48. The Kier molecular flexibility index (Phi) is 6.56. The Morgan fingerprint density at radius 3 is 2.76 bits per heavy atom. The van der Waals surface area contributed by atoms with Crippen LogP contribution in [0.2, 0.25) is 0 Å². The minimum atomic E-state index is -0.877. The predicted octanol–water partition coefficient (Wildman–Crippen LogP) is 2.84. The first-order valence-corrected chi connectivity index (χ1v) is 10.3. The summed E-state index contributed by atoms with van der Waals surface area (Å²) < 4.78 is 1.94. The number of amides is 2. The molecule has 1 aliphatic rings. The molecule has 1 aromatic heterocycles. The van der Waals surface area contributed by atoms with Crippen LogP contribution in [-0.4, -0.2) is 39.5 Å². The fourth-order valence-corrected chi connectivity index (χ4v) is 4.13. The number of aryl methyl sites for hydroxylation is 1. The molecule has 156 valence electrons. The van der Waals surface area contributed by atoms with Crippen LogP contribution in [0, 0.1) is 5.92 Å². The second-order valence-electron chi connectivity index (χ2n) is 7.82. The normalized spacial score (nSPS) is 19.8. The maximum atomic E-state index is 13.0. The summed E-state index contributed by atoms with van der Waals surface area (Å²) in [5.74, 6) is -2.03. The Morgan fingerprint density at radius 2 is 2.03 bits per heavy atom. The number of rotatable bonds is 8. The number of carboxylic acid groups (broad SMARTS) is 1. The van der Waals surface area contributed by atoms with E-state index in [1.807, 2.05) is 42.9 Å². The molecule has 7 heteroatoms. The van der Waals surface area contributed by atoms with Crippen LogP contribution in [0.3, 0.4) is 0 Å². The molecule has 1 fully saturated rings. The highest BCUT2D eigenvalue weighted by Crippen LogP contribution is 2.26. The first-order chi connectivity index (χ1) is 13.9. The average molecular weight is 399 g/mol. The van der Waals surface area contributed by atoms with Crippen LogP contribution in [0.5, 0.6) is 0 Å². The zero-order valence-corrected chi connectivity index (χ0v) is 17.0. The van der Waals surface area contributed by atoms with Gasteiger partial charge in [-0.1, -0.05) is 32.3 Å². The summed E-state index contributed by atoms with van der Waals surface area (Å²) in [6.45, 7) is 2.03. The second kappa shape index (κ2) is 9.11. The highest BCUT2D eigenvalue weighted by molar-refractivity contribution is 6.07. The van der Waals surface area contributed by atoms with E-state index in [0.717, 1.165) is 30.2 Å². The molecule has 0 unspecified atom stereocenters. The predicted molar refractivity (Wildman–Crippen MR) is 111 cm³/mol. The third kappa shape index (κ3) is 4.60. The van der Waals surface area contributed by atoms with Crippen molar-refractivity contribution in [3.8, 4) is 0 Å². The van der Waals surface area contributed by atoms with Gasteiger partial charge in [0.05, 0.1) is 5.92 Å². The van der Waals surface area contributed by atoms with E-state index in [2.05, 4.69) is 10.6 Å². The molecular weight excluding hydrogens is 370 g/mol. The summed E-state index contributed by atoms with van der Waals surface area (Å²) in [4.78, 5) is 37.2. The van der Waals surface area contributed by atoms with Crippen LogP contribution in [0.25, 0.3) is 10.9 Å². The zero-order valence-electron chi connectivity index (χ0n) is 17.0. The lowest BCUT2D eigenvalue weighted by Gasteiger charge is -2.23. The standard InChI is InChI=1S/C22H29N3O4/c1-3-4-9-18(21(27)23-17-10-5-8-16(17)22(28)29)24-20(26)15-7-6-11-19-14(15)12-13-25(19)2/h6-7,11-13,16-18H,3-5,8-10H2,1-2H3,(H,23,27)(H,24,26)(H,28,29)/t16-,17+,18+/m1/s1. The first kappa shape index (κ1) is 20.9. The van der Waals surface area contributed by atoms with E-state index >= 15 is 0 Å². The van der Waals surface area contributed by atoms with Gasteiger partial charge in [0, 0.05) is 35.8 Å². The van der Waals surface area contributed by atoms with Crippen LogP contribution < -0.4 is 10.6 Å². The molecule has 1 aliphatic carbocycles. The molecule has 0 radical (unpaired) electrons. The fraction of sp³-hybridized carbons (Fsp3) is 0.500. The smallest absolute Gasteiger partial charge is 0.308 e. The molecule has 1 aromatic carbocycles. The Labute approximate surface area is 170 Å². The van der Waals surface area contributed by atoms with Gasteiger partial charge in [-0.3, -0.25) is 14.4 Å². The highest BCUT2D eigenvalue weighted by Gasteiger charge is 2.35. The molecule has 3 rings (SSSR count). The van der Waals surface area contributed by atoms with Crippen molar-refractivity contribution in [1.29, 1.82) is 0 Å². The van der Waals surface area contributed by atoms with Gasteiger partial charge in [-0.05, 0) is 37.5 Å². The number of unbranched alkanes of at least 4 members (excludes halogenated alkanes) is 1. The lowest BCUT2D eigenvalue weighted by molar-refractivity contribution is -0.142. The molecule has 2 amide bonds. The van der Waals surface area contributed by atoms with E-state index in [-0.39, 0.29) is 17.9 Å². The Morgan fingerprint density at radius 1 is 1.24 bits per heavy atom. The number of nitrogens with one attached hydrogen (secondary N) is 2. The number of hydrogen-bond donors (Lipinski definition) is 3. The molecule has 0 spiro atoms. The molecule has 1 saturated carbocycles. The maximum Gasteiger partial charge on any atom is 0.308 e. The molecular formula is C22H29N3O4. The Balaban J connectivity index is 1.75. The van der Waals surface area contributed by atoms with Gasteiger partial charge in [-0.25, -0.2) is 0 Å². The van der Waals surface area contributed by atoms with Crippen molar-refractivity contribution in [2.75, 3.05) is 0 Å². The van der Waals surface area contributed by atoms with Crippen molar-refractivity contribution >= 4 is 28.7 Å². The molecule has 3 atom stereocenters. The molecule has 0 saturated heterocycles. The van der Waals surface area contributed by atoms with Crippen molar-refractivity contribution in [2.24, 2.45) is 13.0 Å². The van der Waals surface area contributed by atoms with Gasteiger partial charge in [0.25, 0.3) is 5.91 Å². The number of hydrogen-bond acceptors (Lipinski definition) is 3. The van der Waals surface area contributed by atoms with Crippen LogP contribution in [0.1, 0.15) is 55.8 Å². The summed E-state index contributed by atoms with van der Waals surface area (Å²) in [6.07, 6.45) is 6.11. The quantitative estimate of drug-likeness (QED) is 0.635.